The van der Waals surface area contributed by atoms with Crippen molar-refractivity contribution in [2.75, 3.05) is 6.54 Å². The van der Waals surface area contributed by atoms with Crippen molar-refractivity contribution in [2.24, 2.45) is 11.5 Å². The number of carboxylic acid groups (broad SMARTS) is 1. The van der Waals surface area contributed by atoms with E-state index in [1.807, 2.05) is 10.8 Å². The zero-order valence-corrected chi connectivity index (χ0v) is 21.2. The number of esters is 1. The van der Waals surface area contributed by atoms with Crippen LogP contribution in [0.15, 0.2) is 54.7 Å². The van der Waals surface area contributed by atoms with E-state index in [0.717, 1.165) is 18.5 Å². The number of nitrogens with two attached hydrogens (primary N) is 2. The fraction of sp³-hybridized carbons (Fsp3) is 0.357. The molecule has 0 saturated carbocycles. The van der Waals surface area contributed by atoms with Crippen LogP contribution in [0.25, 0.3) is 11.3 Å². The van der Waals surface area contributed by atoms with E-state index in [2.05, 4.69) is 0 Å². The molecule has 0 radical (unpaired) electrons. The molecule has 0 fully saturated rings. The van der Waals surface area contributed by atoms with Gasteiger partial charge in [-0.15, -0.1) is 0 Å². The number of carboxylic acids is 1. The lowest BCUT2D eigenvalue weighted by atomic mass is 9.74. The zero-order chi connectivity index (χ0) is 27.0. The van der Waals surface area contributed by atoms with Crippen LogP contribution in [-0.2, 0) is 11.3 Å². The summed E-state index contributed by atoms with van der Waals surface area (Å²) in [4.78, 5) is 42.0. The van der Waals surface area contributed by atoms with Gasteiger partial charge in [0, 0.05) is 36.3 Å². The van der Waals surface area contributed by atoms with E-state index in [0.29, 0.717) is 29.1 Å². The van der Waals surface area contributed by atoms with Crippen molar-refractivity contribution in [1.82, 2.24) is 9.55 Å². The minimum atomic E-state index is -1.40. The number of aromatic carboxylic acids is 1. The molecule has 194 valence electrons. The molecule has 1 aliphatic heterocycles. The first kappa shape index (κ1) is 26.2. The molecule has 2 aromatic carbocycles. The molecule has 4 rings (SSSR count). The highest BCUT2D eigenvalue weighted by Gasteiger charge is 2.45. The monoisotopic (exact) mass is 504 g/mol. The first-order chi connectivity index (χ1) is 17.4. The number of fused-ring (bicyclic) bond motifs is 1. The number of ether oxygens (including phenoxy) is 1. The smallest absolute Gasteiger partial charge is 0.338 e. The van der Waals surface area contributed by atoms with Crippen LogP contribution in [0.2, 0.25) is 0 Å². The topological polar surface area (TPSA) is 151 Å². The average molecular weight is 505 g/mol. The number of rotatable bonds is 7. The fourth-order valence-corrected chi connectivity index (χ4v) is 4.65. The highest BCUT2D eigenvalue weighted by atomic mass is 16.6. The van der Waals surface area contributed by atoms with Gasteiger partial charge in [-0.1, -0.05) is 24.3 Å². The van der Waals surface area contributed by atoms with E-state index < -0.39 is 29.0 Å². The van der Waals surface area contributed by atoms with Crippen molar-refractivity contribution >= 4 is 17.7 Å². The normalized spacial score (nSPS) is 16.9. The molecule has 0 spiro atoms. The minimum Gasteiger partial charge on any atom is -0.478 e. The molecule has 5 N–H and O–H groups in total. The summed E-state index contributed by atoms with van der Waals surface area (Å²) >= 11 is 0. The van der Waals surface area contributed by atoms with Gasteiger partial charge in [0.05, 0.1) is 16.8 Å². The summed E-state index contributed by atoms with van der Waals surface area (Å²) in [7, 11) is 0. The van der Waals surface area contributed by atoms with Crippen molar-refractivity contribution in [1.29, 1.82) is 0 Å². The second-order valence-corrected chi connectivity index (χ2v) is 10.4. The molecule has 1 aliphatic rings. The molecule has 9 nitrogen and oxygen atoms in total. The second-order valence-electron chi connectivity index (χ2n) is 10.4. The molecule has 1 aromatic heterocycles. The van der Waals surface area contributed by atoms with Gasteiger partial charge in [-0.05, 0) is 57.9 Å². The maximum atomic E-state index is 13.7. The van der Waals surface area contributed by atoms with Crippen LogP contribution in [-0.4, -0.2) is 50.1 Å². The molecule has 2 unspecified atom stereocenters. The van der Waals surface area contributed by atoms with Crippen LogP contribution in [0.3, 0.4) is 0 Å². The Balaban J connectivity index is 1.62. The number of aromatic nitrogens is 2. The number of carbonyl (C=O) groups is 3. The molecule has 0 aliphatic carbocycles. The average Bonchev–Trinajstić information content (AvgIpc) is 3.31. The number of imidazole rings is 1. The number of aryl methyl sites for hydroxylation is 1. The van der Waals surface area contributed by atoms with Crippen LogP contribution < -0.4 is 11.5 Å². The molecule has 37 heavy (non-hydrogen) atoms. The van der Waals surface area contributed by atoms with Crippen LogP contribution >= 0.6 is 0 Å². The summed E-state index contributed by atoms with van der Waals surface area (Å²) < 4.78 is 7.39. The van der Waals surface area contributed by atoms with Crippen LogP contribution in [0, 0.1) is 0 Å². The second kappa shape index (κ2) is 9.91. The third-order valence-electron chi connectivity index (χ3n) is 6.60. The molecule has 2 atom stereocenters. The van der Waals surface area contributed by atoms with Gasteiger partial charge < -0.3 is 25.9 Å². The Hall–Kier alpha value is -3.82. The largest absolute Gasteiger partial charge is 0.478 e. The van der Waals surface area contributed by atoms with E-state index in [-0.39, 0.29) is 17.9 Å². The maximum absolute atomic E-state index is 13.7. The highest BCUT2D eigenvalue weighted by molar-refractivity contribution is 6.04. The Morgan fingerprint density at radius 3 is 2.19 bits per heavy atom. The standard InChI is InChI=1S/C28H32N4O5/c1-27(2,3)37-26(36)20-12-8-18(9-13-20)23(33)28(30,16-29)21-5-4-14-32-15-22(31-24(21)32)17-6-10-19(11-7-17)25(34)35/h6-13,15,21H,4-5,14,16,29-30H2,1-3H3,(H,34,35). The van der Waals surface area contributed by atoms with Gasteiger partial charge in [-0.2, -0.15) is 0 Å². The predicted molar refractivity (Wildman–Crippen MR) is 139 cm³/mol. The Morgan fingerprint density at radius 2 is 1.62 bits per heavy atom. The number of hydrogen-bond acceptors (Lipinski definition) is 7. The molecular weight excluding hydrogens is 472 g/mol. The van der Waals surface area contributed by atoms with Gasteiger partial charge in [-0.3, -0.25) is 4.79 Å². The first-order valence-corrected chi connectivity index (χ1v) is 12.2. The van der Waals surface area contributed by atoms with Gasteiger partial charge in [-0.25, -0.2) is 14.6 Å². The molecule has 9 heteroatoms. The Labute approximate surface area is 215 Å². The SMILES string of the molecule is CC(C)(C)OC(=O)c1ccc(C(=O)C(N)(CN)C2CCCn3cc(-c4ccc(C(=O)O)cc4)nc32)cc1. The van der Waals surface area contributed by atoms with Gasteiger partial charge in [0.2, 0.25) is 0 Å². The lowest BCUT2D eigenvalue weighted by molar-refractivity contribution is 0.00691. The Morgan fingerprint density at radius 1 is 1.03 bits per heavy atom. The van der Waals surface area contributed by atoms with Crippen molar-refractivity contribution in [2.45, 2.75) is 57.2 Å². The number of nitrogens with zero attached hydrogens (tertiary/aromatic N) is 2. The van der Waals surface area contributed by atoms with Crippen LogP contribution in [0.5, 0.6) is 0 Å². The number of ketones is 1. The van der Waals surface area contributed by atoms with Gasteiger partial charge in [0.25, 0.3) is 0 Å². The number of benzene rings is 2. The van der Waals surface area contributed by atoms with Crippen molar-refractivity contribution < 1.29 is 24.2 Å². The fourth-order valence-electron chi connectivity index (χ4n) is 4.65. The quantitative estimate of drug-likeness (QED) is 0.326. The summed E-state index contributed by atoms with van der Waals surface area (Å²) in [5.74, 6) is -1.53. The van der Waals surface area contributed by atoms with Crippen molar-refractivity contribution in [3.63, 3.8) is 0 Å². The van der Waals surface area contributed by atoms with E-state index >= 15 is 0 Å². The Kier molecular flexibility index (Phi) is 7.03. The van der Waals surface area contributed by atoms with E-state index in [9.17, 15) is 14.4 Å². The van der Waals surface area contributed by atoms with E-state index in [4.69, 9.17) is 26.3 Å². The maximum Gasteiger partial charge on any atom is 0.338 e. The predicted octanol–water partition coefficient (Wildman–Crippen LogP) is 3.62. The Bertz CT molecular complexity index is 1320. The highest BCUT2D eigenvalue weighted by Crippen LogP contribution is 2.37. The summed E-state index contributed by atoms with van der Waals surface area (Å²) in [6.45, 7) is 6.01. The summed E-state index contributed by atoms with van der Waals surface area (Å²) in [5.41, 5.74) is 13.2. The minimum absolute atomic E-state index is 0.0835. The molecule has 3 aromatic rings. The summed E-state index contributed by atoms with van der Waals surface area (Å²) in [6, 6.07) is 12.7. The number of Topliss-reactive ketones (excluding diaryl/α,β-unsaturated/α-hetero) is 1. The summed E-state index contributed by atoms with van der Waals surface area (Å²) in [5, 5.41) is 9.16. The van der Waals surface area contributed by atoms with Gasteiger partial charge >= 0.3 is 11.9 Å². The third kappa shape index (κ3) is 5.33. The van der Waals surface area contributed by atoms with Crippen LogP contribution in [0.1, 0.15) is 76.4 Å². The molecular formula is C28H32N4O5. The number of carbonyl (C=O) groups excluding carboxylic acids is 2. The third-order valence-corrected chi connectivity index (χ3v) is 6.60. The van der Waals surface area contributed by atoms with E-state index in [1.165, 1.54) is 12.1 Å². The lowest BCUT2D eigenvalue weighted by Gasteiger charge is -2.37. The van der Waals surface area contributed by atoms with E-state index in [1.54, 1.807) is 57.2 Å². The first-order valence-electron chi connectivity index (χ1n) is 12.2. The molecule has 0 saturated heterocycles. The molecule has 0 bridgehead atoms. The van der Waals surface area contributed by atoms with Crippen molar-refractivity contribution in [3.8, 4) is 11.3 Å². The van der Waals surface area contributed by atoms with Gasteiger partial charge in [0.15, 0.2) is 5.78 Å². The number of hydrogen-bond donors (Lipinski definition) is 3. The summed E-state index contributed by atoms with van der Waals surface area (Å²) in [6.07, 6.45) is 3.34. The van der Waals surface area contributed by atoms with Crippen LogP contribution in [0.4, 0.5) is 0 Å². The molecule has 2 heterocycles. The zero-order valence-electron chi connectivity index (χ0n) is 21.2. The van der Waals surface area contributed by atoms with Crippen molar-refractivity contribution in [3.05, 3.63) is 77.2 Å². The molecule has 0 amide bonds. The van der Waals surface area contributed by atoms with Gasteiger partial charge in [0.1, 0.15) is 17.0 Å². The lowest BCUT2D eigenvalue weighted by Crippen LogP contribution is -2.59.